The number of ketones is 1. The van der Waals surface area contributed by atoms with Crippen molar-refractivity contribution in [2.75, 3.05) is 13.2 Å². The van der Waals surface area contributed by atoms with Crippen LogP contribution in [0.4, 0.5) is 0 Å². The molecule has 0 aliphatic carbocycles. The molecule has 1 aromatic carbocycles. The Bertz CT molecular complexity index is 890. The zero-order chi connectivity index (χ0) is 18.7. The van der Waals surface area contributed by atoms with E-state index in [1.807, 2.05) is 6.07 Å². The Hall–Kier alpha value is -2.43. The van der Waals surface area contributed by atoms with Crippen molar-refractivity contribution in [3.63, 3.8) is 0 Å². The van der Waals surface area contributed by atoms with Gasteiger partial charge in [0.2, 0.25) is 0 Å². The van der Waals surface area contributed by atoms with E-state index in [1.165, 1.54) is 11.3 Å². The maximum absolute atomic E-state index is 12.3. The molecule has 2 heterocycles. The van der Waals surface area contributed by atoms with Gasteiger partial charge in [-0.3, -0.25) is 9.59 Å². The Kier molecular flexibility index (Phi) is 5.55. The molecule has 0 bridgehead atoms. The van der Waals surface area contributed by atoms with Crippen LogP contribution in [0.1, 0.15) is 22.2 Å². The summed E-state index contributed by atoms with van der Waals surface area (Å²) in [5.41, 5.74) is 1.57. The van der Waals surface area contributed by atoms with Crippen LogP contribution in [0.2, 0.25) is 5.02 Å². The second-order valence-electron chi connectivity index (χ2n) is 5.93. The van der Waals surface area contributed by atoms with E-state index in [4.69, 9.17) is 21.1 Å². The minimum absolute atomic E-state index is 0.176. The molecule has 1 aliphatic rings. The van der Waals surface area contributed by atoms with Crippen LogP contribution in [-0.4, -0.2) is 30.0 Å². The number of hydrogen-bond donors (Lipinski definition) is 0. The number of aryl methyl sites for hydroxylation is 1. The quantitative estimate of drug-likeness (QED) is 0.729. The highest BCUT2D eigenvalue weighted by molar-refractivity contribution is 7.09. The Labute approximate surface area is 159 Å². The predicted octanol–water partition coefficient (Wildman–Crippen LogP) is 3.08. The highest BCUT2D eigenvalue weighted by Gasteiger charge is 2.30. The second kappa shape index (κ2) is 7.85. The summed E-state index contributed by atoms with van der Waals surface area (Å²) >= 11 is 7.20. The van der Waals surface area contributed by atoms with Gasteiger partial charge in [0, 0.05) is 16.1 Å². The van der Waals surface area contributed by atoms with Crippen LogP contribution in [0.5, 0.6) is 5.75 Å². The van der Waals surface area contributed by atoms with Gasteiger partial charge in [-0.1, -0.05) is 11.6 Å². The topological polar surface area (TPSA) is 89.3 Å². The lowest BCUT2D eigenvalue weighted by Crippen LogP contribution is -2.31. The van der Waals surface area contributed by atoms with Gasteiger partial charge in [-0.25, -0.2) is 4.98 Å². The third-order valence-corrected chi connectivity index (χ3v) is 5.22. The molecule has 0 N–H and O–H groups in total. The predicted molar refractivity (Wildman–Crippen MR) is 95.3 cm³/mol. The maximum atomic E-state index is 12.3. The van der Waals surface area contributed by atoms with Crippen molar-refractivity contribution in [3.8, 4) is 11.8 Å². The molecule has 2 atom stereocenters. The minimum Gasteiger partial charge on any atom is -0.492 e. The van der Waals surface area contributed by atoms with Gasteiger partial charge in [0.05, 0.1) is 12.0 Å². The van der Waals surface area contributed by atoms with E-state index in [-0.39, 0.29) is 6.61 Å². The number of ether oxygens (including phenoxy) is 2. The van der Waals surface area contributed by atoms with Crippen LogP contribution in [0, 0.1) is 24.2 Å². The monoisotopic (exact) mass is 390 g/mol. The fourth-order valence-corrected chi connectivity index (χ4v) is 3.68. The third kappa shape index (κ3) is 4.03. The number of nitrogens with zero attached hydrogens (tertiary/aromatic N) is 2. The zero-order valence-corrected chi connectivity index (χ0v) is 15.5. The molecule has 6 nitrogen and oxygen atoms in total. The van der Waals surface area contributed by atoms with Gasteiger partial charge in [0.15, 0.2) is 18.3 Å². The van der Waals surface area contributed by atoms with E-state index < -0.39 is 30.2 Å². The number of carbonyl (C=O) groups excluding carboxylic acids is 2. The molecule has 2 aromatic rings. The highest BCUT2D eigenvalue weighted by atomic mass is 35.5. The lowest BCUT2D eigenvalue weighted by Gasteiger charge is -2.24. The van der Waals surface area contributed by atoms with E-state index in [9.17, 15) is 14.9 Å². The molecule has 3 rings (SSSR count). The molecule has 0 unspecified atom stereocenters. The molecule has 134 valence electrons. The molecule has 1 aromatic heterocycles. The summed E-state index contributed by atoms with van der Waals surface area (Å²) in [5, 5.41) is 12.0. The lowest BCUT2D eigenvalue weighted by molar-refractivity contribution is -0.153. The number of nitriles is 1. The first kappa shape index (κ1) is 18.4. The number of aromatic nitrogens is 1. The van der Waals surface area contributed by atoms with Crippen LogP contribution in [-0.2, 0) is 20.7 Å². The van der Waals surface area contributed by atoms with Gasteiger partial charge in [0.1, 0.15) is 17.4 Å². The maximum Gasteiger partial charge on any atom is 0.313 e. The Morgan fingerprint density at radius 2 is 2.35 bits per heavy atom. The van der Waals surface area contributed by atoms with Crippen molar-refractivity contribution in [2.24, 2.45) is 5.92 Å². The first-order chi connectivity index (χ1) is 12.5. The number of benzene rings is 1. The number of esters is 1. The molecule has 0 spiro atoms. The van der Waals surface area contributed by atoms with Crippen LogP contribution in [0.3, 0.4) is 0 Å². The van der Waals surface area contributed by atoms with Gasteiger partial charge >= 0.3 is 5.97 Å². The summed E-state index contributed by atoms with van der Waals surface area (Å²) in [6, 6.07) is 7.15. The summed E-state index contributed by atoms with van der Waals surface area (Å²) in [6.45, 7) is 1.50. The molecule has 0 saturated heterocycles. The highest BCUT2D eigenvalue weighted by Crippen LogP contribution is 2.30. The number of hydrogen-bond acceptors (Lipinski definition) is 7. The van der Waals surface area contributed by atoms with Gasteiger partial charge in [-0.05, 0) is 37.1 Å². The van der Waals surface area contributed by atoms with Gasteiger partial charge < -0.3 is 9.47 Å². The van der Waals surface area contributed by atoms with Crippen molar-refractivity contribution >= 4 is 34.7 Å². The van der Waals surface area contributed by atoms with Crippen molar-refractivity contribution in [1.29, 1.82) is 5.26 Å². The molecule has 1 aliphatic heterocycles. The fourth-order valence-electron chi connectivity index (χ4n) is 2.63. The van der Waals surface area contributed by atoms with Gasteiger partial charge in [-0.2, -0.15) is 5.26 Å². The van der Waals surface area contributed by atoms with Crippen molar-refractivity contribution in [1.82, 2.24) is 4.98 Å². The number of carbonyl (C=O) groups is 2. The van der Waals surface area contributed by atoms with E-state index >= 15 is 0 Å². The largest absolute Gasteiger partial charge is 0.492 e. The van der Waals surface area contributed by atoms with Crippen LogP contribution >= 0.6 is 22.9 Å². The van der Waals surface area contributed by atoms with Crippen molar-refractivity contribution in [3.05, 3.63) is 44.9 Å². The van der Waals surface area contributed by atoms with E-state index in [0.29, 0.717) is 22.2 Å². The summed E-state index contributed by atoms with van der Waals surface area (Å²) < 4.78 is 10.7. The normalized spacial score (nSPS) is 16.7. The Morgan fingerprint density at radius 3 is 3.04 bits per heavy atom. The molecule has 0 fully saturated rings. The fraction of sp³-hybridized carbons (Fsp3) is 0.333. The molecule has 26 heavy (non-hydrogen) atoms. The molecular formula is C18H15ClN2O4S. The first-order valence-electron chi connectivity index (χ1n) is 7.90. The summed E-state index contributed by atoms with van der Waals surface area (Å²) in [7, 11) is 0. The SMILES string of the molecule is Cc1csc([C@@H](C#N)C(=O)COC(=O)[C@H]2COc3ccc(Cl)cc3C2)n1. The van der Waals surface area contributed by atoms with E-state index in [1.54, 1.807) is 30.5 Å². The average Bonchev–Trinajstić information content (AvgIpc) is 3.05. The number of Topliss-reactive ketones (excluding diaryl/α,β-unsaturated/α-hetero) is 1. The van der Waals surface area contributed by atoms with Gasteiger partial charge in [0.25, 0.3) is 0 Å². The minimum atomic E-state index is -1.02. The van der Waals surface area contributed by atoms with Crippen molar-refractivity contribution in [2.45, 2.75) is 19.3 Å². The smallest absolute Gasteiger partial charge is 0.313 e. The summed E-state index contributed by atoms with van der Waals surface area (Å²) in [4.78, 5) is 28.7. The Morgan fingerprint density at radius 1 is 1.54 bits per heavy atom. The van der Waals surface area contributed by atoms with Crippen molar-refractivity contribution < 1.29 is 19.1 Å². The average molecular weight is 391 g/mol. The molecular weight excluding hydrogens is 376 g/mol. The van der Waals surface area contributed by atoms with Crippen LogP contribution in [0.15, 0.2) is 23.6 Å². The standard InChI is InChI=1S/C18H15ClN2O4S/c1-10-9-26-17(21-10)14(6-20)15(22)8-25-18(23)12-4-11-5-13(19)2-3-16(11)24-7-12/h2-3,5,9,12,14H,4,7-8H2,1H3/t12-,14+/m1/s1. The summed E-state index contributed by atoms with van der Waals surface area (Å²) in [5.74, 6) is -1.87. The van der Waals surface area contributed by atoms with Crippen LogP contribution < -0.4 is 4.74 Å². The summed E-state index contributed by atoms with van der Waals surface area (Å²) in [6.07, 6.45) is 0.427. The number of fused-ring (bicyclic) bond motifs is 1. The molecule has 0 saturated carbocycles. The lowest BCUT2D eigenvalue weighted by atomic mass is 9.97. The number of thiazole rings is 1. The van der Waals surface area contributed by atoms with E-state index in [2.05, 4.69) is 4.98 Å². The van der Waals surface area contributed by atoms with E-state index in [0.717, 1.165) is 11.3 Å². The zero-order valence-electron chi connectivity index (χ0n) is 13.9. The Balaban J connectivity index is 1.58. The van der Waals surface area contributed by atoms with Crippen LogP contribution in [0.25, 0.3) is 0 Å². The number of rotatable bonds is 5. The second-order valence-corrected chi connectivity index (χ2v) is 7.25. The number of halogens is 1. The first-order valence-corrected chi connectivity index (χ1v) is 9.16. The molecule has 8 heteroatoms. The third-order valence-electron chi connectivity index (χ3n) is 3.95. The molecule has 0 radical (unpaired) electrons. The molecule has 0 amide bonds. The van der Waals surface area contributed by atoms with Gasteiger partial charge in [-0.15, -0.1) is 11.3 Å².